The van der Waals surface area contributed by atoms with E-state index in [-0.39, 0.29) is 0 Å². The molecule has 20 heavy (non-hydrogen) atoms. The van der Waals surface area contributed by atoms with Gasteiger partial charge in [0.2, 0.25) is 0 Å². The molecule has 0 radical (unpaired) electrons. The first-order chi connectivity index (χ1) is 9.70. The molecule has 2 heteroatoms. The molecule has 1 aliphatic carbocycles. The lowest BCUT2D eigenvalue weighted by Crippen LogP contribution is -2.20. The van der Waals surface area contributed by atoms with Gasteiger partial charge in [-0.05, 0) is 45.2 Å². The molecule has 2 nitrogen and oxygen atoms in total. The van der Waals surface area contributed by atoms with Crippen molar-refractivity contribution >= 4 is 0 Å². The Balaban J connectivity index is 2.01. The average Bonchev–Trinajstić information content (AvgIpc) is 2.47. The minimum atomic E-state index is 0.348. The summed E-state index contributed by atoms with van der Waals surface area (Å²) in [7, 11) is 0. The van der Waals surface area contributed by atoms with E-state index in [4.69, 9.17) is 4.74 Å². The highest BCUT2D eigenvalue weighted by molar-refractivity contribution is 5.39. The quantitative estimate of drug-likeness (QED) is 0.817. The molecule has 1 aromatic carbocycles. The van der Waals surface area contributed by atoms with Crippen molar-refractivity contribution in [2.75, 3.05) is 13.2 Å². The second kappa shape index (κ2) is 7.68. The maximum absolute atomic E-state index is 6.16. The van der Waals surface area contributed by atoms with E-state index in [1.165, 1.54) is 43.2 Å². The van der Waals surface area contributed by atoms with Crippen LogP contribution in [0, 0.1) is 12.8 Å². The van der Waals surface area contributed by atoms with Gasteiger partial charge in [0.1, 0.15) is 5.75 Å². The van der Waals surface area contributed by atoms with Crippen LogP contribution in [0.15, 0.2) is 18.2 Å². The number of aryl methyl sites for hydroxylation is 1. The summed E-state index contributed by atoms with van der Waals surface area (Å²) in [5.74, 6) is 1.82. The van der Waals surface area contributed by atoms with Crippen molar-refractivity contribution in [2.24, 2.45) is 5.92 Å². The molecule has 1 saturated carbocycles. The minimum Gasteiger partial charge on any atom is -0.493 e. The minimum absolute atomic E-state index is 0.348. The Hall–Kier alpha value is -1.02. The van der Waals surface area contributed by atoms with E-state index in [9.17, 15) is 0 Å². The van der Waals surface area contributed by atoms with Gasteiger partial charge < -0.3 is 10.1 Å². The Bertz CT molecular complexity index is 410. The molecule has 0 spiro atoms. The molecule has 0 saturated heterocycles. The van der Waals surface area contributed by atoms with Crippen molar-refractivity contribution in [1.29, 1.82) is 0 Å². The molecule has 2 rings (SSSR count). The fourth-order valence-corrected chi connectivity index (χ4v) is 3.12. The van der Waals surface area contributed by atoms with Crippen molar-refractivity contribution in [1.82, 2.24) is 5.32 Å². The number of ether oxygens (including phenoxy) is 1. The number of hydrogen-bond donors (Lipinski definition) is 1. The summed E-state index contributed by atoms with van der Waals surface area (Å²) >= 11 is 0. The Morgan fingerprint density at radius 2 is 2.00 bits per heavy atom. The lowest BCUT2D eigenvalue weighted by atomic mass is 9.90. The molecule has 0 heterocycles. The van der Waals surface area contributed by atoms with Gasteiger partial charge in [-0.25, -0.2) is 0 Å². The van der Waals surface area contributed by atoms with Crippen molar-refractivity contribution in [3.8, 4) is 5.75 Å². The largest absolute Gasteiger partial charge is 0.493 e. The second-order valence-corrected chi connectivity index (χ2v) is 6.14. The Morgan fingerprint density at radius 3 is 2.70 bits per heavy atom. The van der Waals surface area contributed by atoms with Crippen LogP contribution in [0.5, 0.6) is 5.75 Å². The zero-order valence-corrected chi connectivity index (χ0v) is 13.2. The Kier molecular flexibility index (Phi) is 5.90. The molecule has 1 fully saturated rings. The molecule has 1 unspecified atom stereocenters. The van der Waals surface area contributed by atoms with Gasteiger partial charge >= 0.3 is 0 Å². The average molecular weight is 275 g/mol. The van der Waals surface area contributed by atoms with E-state index in [1.807, 2.05) is 0 Å². The normalized spacial score (nSPS) is 17.9. The molecule has 0 aromatic heterocycles. The molecular weight excluding hydrogens is 246 g/mol. The van der Waals surface area contributed by atoms with Gasteiger partial charge in [0.15, 0.2) is 0 Å². The van der Waals surface area contributed by atoms with Gasteiger partial charge in [0.05, 0.1) is 6.61 Å². The zero-order valence-electron chi connectivity index (χ0n) is 13.2. The fraction of sp³-hybridized carbons (Fsp3) is 0.667. The van der Waals surface area contributed by atoms with Gasteiger partial charge in [0, 0.05) is 11.6 Å². The maximum Gasteiger partial charge on any atom is 0.124 e. The summed E-state index contributed by atoms with van der Waals surface area (Å²) in [5, 5.41) is 3.49. The number of nitrogens with one attached hydrogen (secondary N) is 1. The summed E-state index contributed by atoms with van der Waals surface area (Å²) in [4.78, 5) is 0. The summed E-state index contributed by atoms with van der Waals surface area (Å²) < 4.78 is 6.16. The molecule has 1 atom stereocenters. The summed E-state index contributed by atoms with van der Waals surface area (Å²) in [6, 6.07) is 6.89. The van der Waals surface area contributed by atoms with Crippen molar-refractivity contribution < 1.29 is 4.74 Å². The van der Waals surface area contributed by atoms with Gasteiger partial charge in [-0.2, -0.15) is 0 Å². The third-order valence-electron chi connectivity index (χ3n) is 4.34. The fourth-order valence-electron chi connectivity index (χ4n) is 3.12. The molecule has 0 aliphatic heterocycles. The third kappa shape index (κ3) is 4.24. The monoisotopic (exact) mass is 275 g/mol. The topological polar surface area (TPSA) is 21.3 Å². The molecule has 0 amide bonds. The van der Waals surface area contributed by atoms with Gasteiger partial charge in [-0.3, -0.25) is 0 Å². The van der Waals surface area contributed by atoms with Gasteiger partial charge in [0.25, 0.3) is 0 Å². The summed E-state index contributed by atoms with van der Waals surface area (Å²) in [6.45, 7) is 8.37. The molecule has 1 N–H and O–H groups in total. The van der Waals surface area contributed by atoms with Crippen LogP contribution in [-0.4, -0.2) is 13.2 Å². The molecule has 1 aromatic rings. The summed E-state index contributed by atoms with van der Waals surface area (Å²) in [5.41, 5.74) is 2.59. The SMILES string of the molecule is CCNC(C)c1cc(C)ccc1OCC1CCCCC1. The van der Waals surface area contributed by atoms with Crippen LogP contribution in [0.3, 0.4) is 0 Å². The van der Waals surface area contributed by atoms with E-state index < -0.39 is 0 Å². The highest BCUT2D eigenvalue weighted by Crippen LogP contribution is 2.29. The van der Waals surface area contributed by atoms with E-state index >= 15 is 0 Å². The first kappa shape index (κ1) is 15.4. The molecule has 112 valence electrons. The summed E-state index contributed by atoms with van der Waals surface area (Å²) in [6.07, 6.45) is 6.84. The van der Waals surface area contributed by atoms with Crippen LogP contribution >= 0.6 is 0 Å². The van der Waals surface area contributed by atoms with E-state index in [0.717, 1.165) is 24.8 Å². The van der Waals surface area contributed by atoms with E-state index in [0.29, 0.717) is 6.04 Å². The lowest BCUT2D eigenvalue weighted by Gasteiger charge is -2.24. The van der Waals surface area contributed by atoms with Crippen molar-refractivity contribution in [3.05, 3.63) is 29.3 Å². The lowest BCUT2D eigenvalue weighted by molar-refractivity contribution is 0.206. The van der Waals surface area contributed by atoms with Crippen LogP contribution in [0.2, 0.25) is 0 Å². The number of rotatable bonds is 6. The Morgan fingerprint density at radius 1 is 1.25 bits per heavy atom. The number of hydrogen-bond acceptors (Lipinski definition) is 2. The van der Waals surface area contributed by atoms with Crippen LogP contribution < -0.4 is 10.1 Å². The second-order valence-electron chi connectivity index (χ2n) is 6.14. The van der Waals surface area contributed by atoms with Gasteiger partial charge in [-0.15, -0.1) is 0 Å². The molecule has 1 aliphatic rings. The predicted octanol–water partition coefficient (Wildman–Crippen LogP) is 4.62. The third-order valence-corrected chi connectivity index (χ3v) is 4.34. The van der Waals surface area contributed by atoms with Crippen LogP contribution in [0.25, 0.3) is 0 Å². The van der Waals surface area contributed by atoms with E-state index in [1.54, 1.807) is 0 Å². The highest BCUT2D eigenvalue weighted by atomic mass is 16.5. The zero-order chi connectivity index (χ0) is 14.4. The van der Waals surface area contributed by atoms with E-state index in [2.05, 4.69) is 44.3 Å². The number of benzene rings is 1. The first-order valence-electron chi connectivity index (χ1n) is 8.17. The molecular formula is C18H29NO. The van der Waals surface area contributed by atoms with Crippen molar-refractivity contribution in [2.45, 2.75) is 58.9 Å². The van der Waals surface area contributed by atoms with Crippen molar-refractivity contribution in [3.63, 3.8) is 0 Å². The van der Waals surface area contributed by atoms with Gasteiger partial charge in [-0.1, -0.05) is 43.9 Å². The van der Waals surface area contributed by atoms with Crippen LogP contribution in [-0.2, 0) is 0 Å². The molecule has 0 bridgehead atoms. The van der Waals surface area contributed by atoms with Crippen LogP contribution in [0.1, 0.15) is 63.1 Å². The first-order valence-corrected chi connectivity index (χ1v) is 8.17. The maximum atomic E-state index is 6.16. The smallest absolute Gasteiger partial charge is 0.124 e. The highest BCUT2D eigenvalue weighted by Gasteiger charge is 2.16. The standard InChI is InChI=1S/C18H29NO/c1-4-19-15(3)17-12-14(2)10-11-18(17)20-13-16-8-6-5-7-9-16/h10-12,15-16,19H,4-9,13H2,1-3H3. The Labute approximate surface area is 123 Å². The predicted molar refractivity (Wildman–Crippen MR) is 85.3 cm³/mol. The van der Waals surface area contributed by atoms with Crippen LogP contribution in [0.4, 0.5) is 0 Å².